The molecule has 0 saturated heterocycles. The standard InChI is InChI=1S/C21H25Cl2N5O3/c1-10(2)25-18-8-14(5-11(3)26-18)21-27-20(28-31-21)13-6-15(22)19(16(23)7-13)30-9-17(24)12(4)29/h5-8,10,12,17,29H,9,24H2,1-4H3,(H,25,26)/t12-,17+/m1/s1. The Morgan fingerprint density at radius 3 is 2.39 bits per heavy atom. The van der Waals surface area contributed by atoms with Gasteiger partial charge in [-0.1, -0.05) is 28.4 Å². The van der Waals surface area contributed by atoms with Gasteiger partial charge in [-0.05, 0) is 52.0 Å². The van der Waals surface area contributed by atoms with Gasteiger partial charge in [-0.15, -0.1) is 0 Å². The Bertz CT molecular complexity index is 1030. The molecule has 0 bridgehead atoms. The van der Waals surface area contributed by atoms with Gasteiger partial charge >= 0.3 is 0 Å². The van der Waals surface area contributed by atoms with Gasteiger partial charge in [0.15, 0.2) is 5.75 Å². The Morgan fingerprint density at radius 2 is 1.77 bits per heavy atom. The summed E-state index contributed by atoms with van der Waals surface area (Å²) in [4.78, 5) is 8.94. The second kappa shape index (κ2) is 9.82. The molecule has 0 amide bonds. The molecule has 0 spiro atoms. The van der Waals surface area contributed by atoms with Crippen LogP contribution < -0.4 is 15.8 Å². The first-order chi connectivity index (χ1) is 14.6. The zero-order valence-corrected chi connectivity index (χ0v) is 19.2. The maximum Gasteiger partial charge on any atom is 0.258 e. The number of hydrogen-bond donors (Lipinski definition) is 3. The van der Waals surface area contributed by atoms with Crippen LogP contribution in [-0.4, -0.2) is 45.0 Å². The summed E-state index contributed by atoms with van der Waals surface area (Å²) < 4.78 is 11.0. The summed E-state index contributed by atoms with van der Waals surface area (Å²) in [7, 11) is 0. The molecule has 0 aliphatic carbocycles. The number of benzene rings is 1. The van der Waals surface area contributed by atoms with Gasteiger partial charge in [0.25, 0.3) is 5.89 Å². The first kappa shape index (κ1) is 23.3. The number of anilines is 1. The summed E-state index contributed by atoms with van der Waals surface area (Å²) >= 11 is 12.7. The van der Waals surface area contributed by atoms with Crippen LogP contribution in [-0.2, 0) is 0 Å². The van der Waals surface area contributed by atoms with Crippen molar-refractivity contribution in [1.82, 2.24) is 15.1 Å². The SMILES string of the molecule is Cc1cc(-c2nc(-c3cc(Cl)c(OC[C@H](N)[C@@H](C)O)c(Cl)c3)no2)cc(NC(C)C)n1. The Kier molecular flexibility index (Phi) is 7.38. The number of aromatic nitrogens is 3. The van der Waals surface area contributed by atoms with Crippen molar-refractivity contribution in [3.8, 4) is 28.6 Å². The maximum absolute atomic E-state index is 9.50. The van der Waals surface area contributed by atoms with Crippen molar-refractivity contribution in [2.24, 2.45) is 5.73 Å². The first-order valence-corrected chi connectivity index (χ1v) is 10.5. The van der Waals surface area contributed by atoms with E-state index < -0.39 is 12.1 Å². The van der Waals surface area contributed by atoms with E-state index in [1.54, 1.807) is 19.1 Å². The Morgan fingerprint density at radius 1 is 1.10 bits per heavy atom. The molecule has 4 N–H and O–H groups in total. The van der Waals surface area contributed by atoms with Crippen molar-refractivity contribution in [2.75, 3.05) is 11.9 Å². The molecule has 2 aromatic heterocycles. The van der Waals surface area contributed by atoms with E-state index >= 15 is 0 Å². The quantitative estimate of drug-likeness (QED) is 0.449. The van der Waals surface area contributed by atoms with Crippen LogP contribution >= 0.6 is 23.2 Å². The molecule has 8 nitrogen and oxygen atoms in total. The zero-order valence-electron chi connectivity index (χ0n) is 17.7. The fourth-order valence-electron chi connectivity index (χ4n) is 2.77. The van der Waals surface area contributed by atoms with Gasteiger partial charge in [-0.3, -0.25) is 0 Å². The highest BCUT2D eigenvalue weighted by molar-refractivity contribution is 6.37. The second-order valence-electron chi connectivity index (χ2n) is 7.59. The monoisotopic (exact) mass is 465 g/mol. The van der Waals surface area contributed by atoms with E-state index in [1.807, 2.05) is 32.9 Å². The summed E-state index contributed by atoms with van der Waals surface area (Å²) in [5, 5.41) is 17.4. The second-order valence-corrected chi connectivity index (χ2v) is 8.40. The van der Waals surface area contributed by atoms with Crippen molar-refractivity contribution in [3.05, 3.63) is 40.0 Å². The van der Waals surface area contributed by atoms with Crippen LogP contribution in [0.3, 0.4) is 0 Å². The van der Waals surface area contributed by atoms with Gasteiger partial charge in [0.1, 0.15) is 12.4 Å². The van der Waals surface area contributed by atoms with E-state index in [-0.39, 0.29) is 28.4 Å². The summed E-state index contributed by atoms with van der Waals surface area (Å²) in [5.74, 6) is 1.69. The van der Waals surface area contributed by atoms with Crippen LogP contribution in [0.15, 0.2) is 28.8 Å². The number of aliphatic hydroxyl groups is 1. The van der Waals surface area contributed by atoms with E-state index in [0.29, 0.717) is 17.3 Å². The minimum Gasteiger partial charge on any atom is -0.489 e. The molecule has 2 atom stereocenters. The lowest BCUT2D eigenvalue weighted by molar-refractivity contribution is 0.131. The van der Waals surface area contributed by atoms with Gasteiger partial charge in [-0.2, -0.15) is 4.98 Å². The molecule has 31 heavy (non-hydrogen) atoms. The number of aryl methyl sites for hydroxylation is 1. The van der Waals surface area contributed by atoms with Crippen molar-refractivity contribution in [1.29, 1.82) is 0 Å². The van der Waals surface area contributed by atoms with Crippen LogP contribution in [0.2, 0.25) is 10.0 Å². The molecule has 166 valence electrons. The smallest absolute Gasteiger partial charge is 0.258 e. The number of hydrogen-bond acceptors (Lipinski definition) is 8. The van der Waals surface area contributed by atoms with E-state index in [2.05, 4.69) is 20.4 Å². The summed E-state index contributed by atoms with van der Waals surface area (Å²) in [6, 6.07) is 6.66. The highest BCUT2D eigenvalue weighted by Crippen LogP contribution is 2.37. The summed E-state index contributed by atoms with van der Waals surface area (Å²) in [5.41, 5.74) is 7.93. The normalized spacial score (nSPS) is 13.3. The third kappa shape index (κ3) is 5.86. The van der Waals surface area contributed by atoms with Crippen LogP contribution in [0.5, 0.6) is 5.75 Å². The lowest BCUT2D eigenvalue weighted by Gasteiger charge is -2.17. The van der Waals surface area contributed by atoms with E-state index in [1.165, 1.54) is 0 Å². The maximum atomic E-state index is 9.50. The fraction of sp³-hybridized carbons (Fsp3) is 0.381. The van der Waals surface area contributed by atoms with Crippen molar-refractivity contribution in [2.45, 2.75) is 45.9 Å². The molecule has 0 aliphatic rings. The molecule has 0 unspecified atom stereocenters. The van der Waals surface area contributed by atoms with Gasteiger partial charge in [0.05, 0.1) is 22.2 Å². The molecule has 3 aromatic rings. The highest BCUT2D eigenvalue weighted by atomic mass is 35.5. The summed E-state index contributed by atoms with van der Waals surface area (Å²) in [6.07, 6.45) is -0.720. The largest absolute Gasteiger partial charge is 0.489 e. The predicted molar refractivity (Wildman–Crippen MR) is 122 cm³/mol. The molecule has 2 heterocycles. The lowest BCUT2D eigenvalue weighted by Crippen LogP contribution is -2.38. The van der Waals surface area contributed by atoms with Gasteiger partial charge in [0, 0.05) is 22.9 Å². The zero-order chi connectivity index (χ0) is 22.7. The Labute approximate surface area is 190 Å². The lowest BCUT2D eigenvalue weighted by atomic mass is 10.2. The third-order valence-corrected chi connectivity index (χ3v) is 4.92. The topological polar surface area (TPSA) is 119 Å². The third-order valence-electron chi connectivity index (χ3n) is 4.36. The number of ether oxygens (including phenoxy) is 1. The molecule has 0 radical (unpaired) electrons. The van der Waals surface area contributed by atoms with Gasteiger partial charge in [-0.25, -0.2) is 4.98 Å². The molecular weight excluding hydrogens is 441 g/mol. The van der Waals surface area contributed by atoms with E-state index in [4.69, 9.17) is 38.2 Å². The summed E-state index contributed by atoms with van der Waals surface area (Å²) in [6.45, 7) is 7.62. The van der Waals surface area contributed by atoms with Gasteiger partial charge in [0.2, 0.25) is 5.82 Å². The van der Waals surface area contributed by atoms with Crippen LogP contribution in [0.1, 0.15) is 26.5 Å². The predicted octanol–water partition coefficient (Wildman–Crippen LogP) is 4.32. The number of pyridine rings is 1. The minimum atomic E-state index is -0.720. The molecule has 3 rings (SSSR count). The Hall–Kier alpha value is -2.39. The minimum absolute atomic E-state index is 0.0664. The van der Waals surface area contributed by atoms with Gasteiger partial charge < -0.3 is 25.4 Å². The molecule has 0 fully saturated rings. The fourth-order valence-corrected chi connectivity index (χ4v) is 3.36. The average Bonchev–Trinajstić information content (AvgIpc) is 3.16. The number of halogens is 2. The first-order valence-electron chi connectivity index (χ1n) is 9.79. The van der Waals surface area contributed by atoms with E-state index in [0.717, 1.165) is 17.1 Å². The van der Waals surface area contributed by atoms with E-state index in [9.17, 15) is 5.11 Å². The molecular formula is C21H25Cl2N5O3. The molecule has 0 aliphatic heterocycles. The van der Waals surface area contributed by atoms with Crippen LogP contribution in [0.25, 0.3) is 22.8 Å². The van der Waals surface area contributed by atoms with Crippen LogP contribution in [0, 0.1) is 6.92 Å². The number of nitrogens with one attached hydrogen (secondary N) is 1. The van der Waals surface area contributed by atoms with Crippen molar-refractivity contribution >= 4 is 29.0 Å². The highest BCUT2D eigenvalue weighted by Gasteiger charge is 2.18. The average molecular weight is 466 g/mol. The molecule has 0 saturated carbocycles. The Balaban J connectivity index is 1.85. The number of nitrogens with two attached hydrogens (primary N) is 1. The van der Waals surface area contributed by atoms with Crippen molar-refractivity contribution < 1.29 is 14.4 Å². The number of nitrogens with zero attached hydrogens (tertiary/aromatic N) is 3. The molecule has 10 heteroatoms. The number of rotatable bonds is 8. The molecule has 1 aromatic carbocycles. The van der Waals surface area contributed by atoms with Crippen molar-refractivity contribution in [3.63, 3.8) is 0 Å². The van der Waals surface area contributed by atoms with Crippen LogP contribution in [0.4, 0.5) is 5.82 Å². The number of aliphatic hydroxyl groups excluding tert-OH is 1.